The molecule has 4 nitrogen and oxygen atoms in total. The van der Waals surface area contributed by atoms with Crippen LogP contribution in [0.5, 0.6) is 0 Å². The van der Waals surface area contributed by atoms with Crippen molar-refractivity contribution in [1.29, 1.82) is 0 Å². The Balaban J connectivity index is 0.00000225. The third-order valence-electron chi connectivity index (χ3n) is 4.65. The largest absolute Gasteiger partial charge is 0.326 e. The van der Waals surface area contributed by atoms with Crippen LogP contribution in [0.2, 0.25) is 0 Å². The number of likely N-dealkylation sites (tertiary alicyclic amines) is 1. The summed E-state index contributed by atoms with van der Waals surface area (Å²) in [5.41, 5.74) is 9.63. The maximum atomic E-state index is 12.3. The summed E-state index contributed by atoms with van der Waals surface area (Å²) >= 11 is 0. The number of benzene rings is 2. The molecule has 1 saturated heterocycles. The van der Waals surface area contributed by atoms with Crippen LogP contribution in [0.3, 0.4) is 0 Å². The molecule has 2 aromatic rings. The highest BCUT2D eigenvalue weighted by Gasteiger charge is 2.31. The van der Waals surface area contributed by atoms with Gasteiger partial charge < -0.3 is 11.1 Å². The smallest absolute Gasteiger partial charge is 0.238 e. The maximum Gasteiger partial charge on any atom is 0.238 e. The van der Waals surface area contributed by atoms with Gasteiger partial charge in [-0.05, 0) is 29.7 Å². The average molecular weight is 360 g/mol. The van der Waals surface area contributed by atoms with E-state index in [0.29, 0.717) is 12.5 Å². The molecular formula is C20H26ClN3O. The van der Waals surface area contributed by atoms with Gasteiger partial charge in [-0.15, -0.1) is 12.4 Å². The van der Waals surface area contributed by atoms with Crippen LogP contribution in [0.15, 0.2) is 54.6 Å². The maximum absolute atomic E-state index is 12.3. The molecule has 1 heterocycles. The lowest BCUT2D eigenvalue weighted by Gasteiger charge is -2.16. The number of anilines is 1. The average Bonchev–Trinajstić information content (AvgIpc) is 2.96. The summed E-state index contributed by atoms with van der Waals surface area (Å²) in [5.74, 6) is 0.312. The van der Waals surface area contributed by atoms with Gasteiger partial charge in [0.15, 0.2) is 0 Å². The highest BCUT2D eigenvalue weighted by molar-refractivity contribution is 5.92. The standard InChI is InChI=1S/C20H25N3O.ClH/c1-2-15-7-6-10-17(11-15)22-20(24)14-23-12-18(19(21)13-23)16-8-4-3-5-9-16;/h3-11,18-19H,2,12-14,21H2,1H3,(H,22,24);1H/t18-,19+;/m0./s1. The SMILES string of the molecule is CCc1cccc(NC(=O)CN2C[C@@H](N)[C@H](c3ccccc3)C2)c1.Cl. The predicted molar refractivity (Wildman–Crippen MR) is 105 cm³/mol. The second-order valence-electron chi connectivity index (χ2n) is 6.48. The third-order valence-corrected chi connectivity index (χ3v) is 4.65. The van der Waals surface area contributed by atoms with Gasteiger partial charge in [0, 0.05) is 30.7 Å². The number of nitrogens with zero attached hydrogens (tertiary/aromatic N) is 1. The molecule has 0 unspecified atom stereocenters. The molecule has 5 heteroatoms. The van der Waals surface area contributed by atoms with Crippen LogP contribution < -0.4 is 11.1 Å². The quantitative estimate of drug-likeness (QED) is 0.862. The van der Waals surface area contributed by atoms with E-state index >= 15 is 0 Å². The lowest BCUT2D eigenvalue weighted by molar-refractivity contribution is -0.117. The van der Waals surface area contributed by atoms with Gasteiger partial charge >= 0.3 is 0 Å². The number of amides is 1. The molecule has 2 aromatic carbocycles. The topological polar surface area (TPSA) is 58.4 Å². The molecule has 0 aliphatic carbocycles. The monoisotopic (exact) mass is 359 g/mol. The van der Waals surface area contributed by atoms with Crippen LogP contribution in [0, 0.1) is 0 Å². The van der Waals surface area contributed by atoms with Crippen molar-refractivity contribution >= 4 is 24.0 Å². The number of hydrogen-bond donors (Lipinski definition) is 2. The molecule has 0 spiro atoms. The summed E-state index contributed by atoms with van der Waals surface area (Å²) in [6.45, 7) is 4.07. The van der Waals surface area contributed by atoms with Crippen molar-refractivity contribution in [3.63, 3.8) is 0 Å². The van der Waals surface area contributed by atoms with Gasteiger partial charge in [0.05, 0.1) is 6.54 Å². The van der Waals surface area contributed by atoms with Gasteiger partial charge in [0.2, 0.25) is 5.91 Å². The number of carbonyl (C=O) groups excluding carboxylic acids is 1. The van der Waals surface area contributed by atoms with E-state index in [1.54, 1.807) is 0 Å². The summed E-state index contributed by atoms with van der Waals surface area (Å²) < 4.78 is 0. The first-order chi connectivity index (χ1) is 11.7. The molecule has 0 radical (unpaired) electrons. The Bertz CT molecular complexity index is 692. The number of carbonyl (C=O) groups is 1. The molecule has 3 N–H and O–H groups in total. The Kier molecular flexibility index (Phi) is 7.00. The van der Waals surface area contributed by atoms with E-state index in [0.717, 1.165) is 25.2 Å². The van der Waals surface area contributed by atoms with Crippen LogP contribution in [0.1, 0.15) is 24.0 Å². The van der Waals surface area contributed by atoms with Crippen molar-refractivity contribution in [1.82, 2.24) is 4.90 Å². The predicted octanol–water partition coefficient (Wildman–Crippen LogP) is 3.04. The summed E-state index contributed by atoms with van der Waals surface area (Å²) in [5, 5.41) is 2.99. The van der Waals surface area contributed by atoms with E-state index in [4.69, 9.17) is 5.73 Å². The van der Waals surface area contributed by atoms with E-state index in [-0.39, 0.29) is 24.4 Å². The van der Waals surface area contributed by atoms with Gasteiger partial charge in [-0.25, -0.2) is 0 Å². The number of rotatable bonds is 5. The first-order valence-corrected chi connectivity index (χ1v) is 8.57. The summed E-state index contributed by atoms with van der Waals surface area (Å²) in [7, 11) is 0. The van der Waals surface area contributed by atoms with Crippen LogP contribution >= 0.6 is 12.4 Å². The van der Waals surface area contributed by atoms with E-state index in [1.165, 1.54) is 11.1 Å². The number of nitrogens with two attached hydrogens (primary N) is 1. The van der Waals surface area contributed by atoms with Crippen LogP contribution in [0.25, 0.3) is 0 Å². The Labute approximate surface area is 155 Å². The molecule has 1 amide bonds. The number of aryl methyl sites for hydroxylation is 1. The fraction of sp³-hybridized carbons (Fsp3) is 0.350. The van der Waals surface area contributed by atoms with Crippen LogP contribution in [-0.2, 0) is 11.2 Å². The lowest BCUT2D eigenvalue weighted by Crippen LogP contribution is -2.33. The molecule has 1 aliphatic heterocycles. The molecule has 1 aliphatic rings. The molecular weight excluding hydrogens is 334 g/mol. The van der Waals surface area contributed by atoms with E-state index in [2.05, 4.69) is 35.3 Å². The molecule has 0 saturated carbocycles. The highest BCUT2D eigenvalue weighted by Crippen LogP contribution is 2.26. The third kappa shape index (κ3) is 5.05. The van der Waals surface area contributed by atoms with Gasteiger partial charge in [0.25, 0.3) is 0 Å². The van der Waals surface area contributed by atoms with Crippen molar-refractivity contribution in [3.05, 3.63) is 65.7 Å². The van der Waals surface area contributed by atoms with Gasteiger partial charge in [0.1, 0.15) is 0 Å². The zero-order valence-corrected chi connectivity index (χ0v) is 15.3. The van der Waals surface area contributed by atoms with Crippen LogP contribution in [-0.4, -0.2) is 36.5 Å². The fourth-order valence-corrected chi connectivity index (χ4v) is 3.37. The van der Waals surface area contributed by atoms with Crippen LogP contribution in [0.4, 0.5) is 5.69 Å². The normalized spacial score (nSPS) is 20.1. The van der Waals surface area contributed by atoms with E-state index in [9.17, 15) is 4.79 Å². The fourth-order valence-electron chi connectivity index (χ4n) is 3.37. The molecule has 3 rings (SSSR count). The molecule has 0 aromatic heterocycles. The van der Waals surface area contributed by atoms with Crippen molar-refractivity contribution in [2.75, 3.05) is 25.0 Å². The Morgan fingerprint density at radius 1 is 1.16 bits per heavy atom. The zero-order valence-electron chi connectivity index (χ0n) is 14.5. The van der Waals surface area contributed by atoms with Crippen molar-refractivity contribution < 1.29 is 4.79 Å². The van der Waals surface area contributed by atoms with Gasteiger partial charge in [-0.3, -0.25) is 9.69 Å². The number of halogens is 1. The molecule has 134 valence electrons. The summed E-state index contributed by atoms with van der Waals surface area (Å²) in [4.78, 5) is 14.5. The lowest BCUT2D eigenvalue weighted by atomic mass is 9.95. The first kappa shape index (κ1) is 19.4. The number of hydrogen-bond acceptors (Lipinski definition) is 3. The summed E-state index contributed by atoms with van der Waals surface area (Å²) in [6.07, 6.45) is 0.962. The van der Waals surface area contributed by atoms with Crippen molar-refractivity contribution in [3.8, 4) is 0 Å². The first-order valence-electron chi connectivity index (χ1n) is 8.57. The van der Waals surface area contributed by atoms with Gasteiger partial charge in [-0.2, -0.15) is 0 Å². The Morgan fingerprint density at radius 2 is 1.92 bits per heavy atom. The zero-order chi connectivity index (χ0) is 16.9. The Morgan fingerprint density at radius 3 is 2.64 bits per heavy atom. The highest BCUT2D eigenvalue weighted by atomic mass is 35.5. The second-order valence-corrected chi connectivity index (χ2v) is 6.48. The minimum atomic E-state index is 0. The van der Waals surface area contributed by atoms with Crippen molar-refractivity contribution in [2.24, 2.45) is 5.73 Å². The van der Waals surface area contributed by atoms with E-state index < -0.39 is 0 Å². The Hall–Kier alpha value is -1.88. The minimum absolute atomic E-state index is 0. The molecule has 0 bridgehead atoms. The molecule has 2 atom stereocenters. The van der Waals surface area contributed by atoms with Gasteiger partial charge in [-0.1, -0.05) is 49.4 Å². The number of nitrogens with one attached hydrogen (secondary N) is 1. The molecule has 25 heavy (non-hydrogen) atoms. The summed E-state index contributed by atoms with van der Waals surface area (Å²) in [6, 6.07) is 18.4. The second kappa shape index (κ2) is 8.99. The van der Waals surface area contributed by atoms with E-state index in [1.807, 2.05) is 36.4 Å². The molecule has 1 fully saturated rings. The van der Waals surface area contributed by atoms with Crippen molar-refractivity contribution in [2.45, 2.75) is 25.3 Å². The minimum Gasteiger partial charge on any atom is -0.326 e.